The minimum absolute atomic E-state index is 0.0256. The molecular weight excluding hydrogens is 249 g/mol. The molecule has 0 spiro atoms. The number of nitrogen functional groups attached to an aromatic ring is 1. The summed E-state index contributed by atoms with van der Waals surface area (Å²) in [7, 11) is 0. The van der Waals surface area contributed by atoms with Crippen molar-refractivity contribution in [1.82, 2.24) is 14.8 Å². The van der Waals surface area contributed by atoms with Gasteiger partial charge in [-0.1, -0.05) is 6.07 Å². The Morgan fingerprint density at radius 2 is 2.00 bits per heavy atom. The second kappa shape index (κ2) is 4.13. The Bertz CT molecular complexity index is 636. The minimum Gasteiger partial charge on any atom is -0.382 e. The Labute approximate surface area is 98.7 Å². The van der Waals surface area contributed by atoms with Gasteiger partial charge in [0.25, 0.3) is 0 Å². The Balaban J connectivity index is 2.55. The van der Waals surface area contributed by atoms with Gasteiger partial charge in [-0.2, -0.15) is 27.9 Å². The van der Waals surface area contributed by atoms with E-state index in [4.69, 9.17) is 5.73 Å². The van der Waals surface area contributed by atoms with Gasteiger partial charge in [0.2, 0.25) is 0 Å². The Kier molecular flexibility index (Phi) is 2.77. The van der Waals surface area contributed by atoms with E-state index in [1.165, 1.54) is 12.1 Å². The highest BCUT2D eigenvalue weighted by molar-refractivity contribution is 5.36. The van der Waals surface area contributed by atoms with Crippen LogP contribution in [0.3, 0.4) is 0 Å². The zero-order valence-electron chi connectivity index (χ0n) is 8.85. The van der Waals surface area contributed by atoms with Crippen molar-refractivity contribution in [1.29, 1.82) is 0 Å². The molecule has 2 rings (SSSR count). The molecule has 0 saturated heterocycles. The zero-order chi connectivity index (χ0) is 13.3. The number of nitrogens with two attached hydrogens (primary N) is 1. The van der Waals surface area contributed by atoms with Crippen molar-refractivity contribution in [2.45, 2.75) is 6.18 Å². The number of alkyl halides is 3. The number of rotatable bonds is 1. The lowest BCUT2D eigenvalue weighted by molar-refractivity contribution is -0.137. The Morgan fingerprint density at radius 3 is 2.61 bits per heavy atom. The average molecular weight is 256 g/mol. The molecule has 0 aliphatic heterocycles. The predicted octanol–water partition coefficient (Wildman–Crippen LogP) is 1.23. The molecular formula is C10H7F3N4O. The topological polar surface area (TPSA) is 73.8 Å². The molecule has 0 unspecified atom stereocenters. The van der Waals surface area contributed by atoms with Gasteiger partial charge in [0.05, 0.1) is 17.4 Å². The van der Waals surface area contributed by atoms with Crippen LogP contribution in [-0.4, -0.2) is 14.8 Å². The lowest BCUT2D eigenvalue weighted by Crippen LogP contribution is -2.24. The largest absolute Gasteiger partial charge is 0.416 e. The summed E-state index contributed by atoms with van der Waals surface area (Å²) in [6.45, 7) is 0. The molecule has 18 heavy (non-hydrogen) atoms. The second-order valence-corrected chi connectivity index (χ2v) is 3.42. The highest BCUT2D eigenvalue weighted by Gasteiger charge is 2.30. The van der Waals surface area contributed by atoms with Crippen LogP contribution >= 0.6 is 0 Å². The number of anilines is 1. The maximum Gasteiger partial charge on any atom is 0.416 e. The van der Waals surface area contributed by atoms with Gasteiger partial charge >= 0.3 is 11.9 Å². The van der Waals surface area contributed by atoms with E-state index in [2.05, 4.69) is 10.1 Å². The van der Waals surface area contributed by atoms with E-state index in [0.29, 0.717) is 0 Å². The van der Waals surface area contributed by atoms with Crippen molar-refractivity contribution in [3.8, 4) is 5.69 Å². The van der Waals surface area contributed by atoms with Crippen LogP contribution in [-0.2, 0) is 6.18 Å². The molecule has 8 heteroatoms. The zero-order valence-corrected chi connectivity index (χ0v) is 8.85. The molecule has 0 saturated carbocycles. The average Bonchev–Trinajstić information content (AvgIpc) is 2.28. The summed E-state index contributed by atoms with van der Waals surface area (Å²) in [6.07, 6.45) is -3.40. The van der Waals surface area contributed by atoms with Gasteiger partial charge in [0.15, 0.2) is 0 Å². The highest BCUT2D eigenvalue weighted by atomic mass is 19.4. The Hall–Kier alpha value is -2.38. The maximum absolute atomic E-state index is 12.5. The van der Waals surface area contributed by atoms with Crippen molar-refractivity contribution >= 4 is 5.82 Å². The number of nitrogens with zero attached hydrogens (tertiary/aromatic N) is 3. The molecule has 0 aliphatic rings. The van der Waals surface area contributed by atoms with Gasteiger partial charge in [0.1, 0.15) is 5.82 Å². The third kappa shape index (κ3) is 2.31. The van der Waals surface area contributed by atoms with Crippen molar-refractivity contribution < 1.29 is 13.2 Å². The molecule has 0 atom stereocenters. The van der Waals surface area contributed by atoms with Crippen LogP contribution in [0.1, 0.15) is 5.56 Å². The van der Waals surface area contributed by atoms with Gasteiger partial charge in [-0.15, -0.1) is 0 Å². The number of halogens is 3. The van der Waals surface area contributed by atoms with Gasteiger partial charge < -0.3 is 5.73 Å². The van der Waals surface area contributed by atoms with E-state index >= 15 is 0 Å². The van der Waals surface area contributed by atoms with E-state index in [1.54, 1.807) is 0 Å². The van der Waals surface area contributed by atoms with E-state index in [1.807, 2.05) is 0 Å². The monoisotopic (exact) mass is 256 g/mol. The molecule has 1 heterocycles. The van der Waals surface area contributed by atoms with Gasteiger partial charge in [0, 0.05) is 0 Å². The molecule has 0 radical (unpaired) electrons. The third-order valence-corrected chi connectivity index (χ3v) is 2.13. The van der Waals surface area contributed by atoms with Crippen molar-refractivity contribution in [3.63, 3.8) is 0 Å². The maximum atomic E-state index is 12.5. The first-order valence-corrected chi connectivity index (χ1v) is 4.77. The molecule has 0 amide bonds. The number of hydrogen-bond donors (Lipinski definition) is 1. The van der Waals surface area contributed by atoms with Crippen LogP contribution in [0.2, 0.25) is 0 Å². The van der Waals surface area contributed by atoms with Crippen molar-refractivity contribution in [2.24, 2.45) is 0 Å². The first-order valence-electron chi connectivity index (χ1n) is 4.77. The number of hydrogen-bond acceptors (Lipinski definition) is 4. The fraction of sp³-hybridized carbons (Fsp3) is 0.100. The summed E-state index contributed by atoms with van der Waals surface area (Å²) < 4.78 is 38.3. The SMILES string of the molecule is Nc1cnn(-c2cccc(C(F)(F)F)c2)c(=O)n1. The standard InChI is InChI=1S/C10H7F3N4O/c11-10(12,13)6-2-1-3-7(4-6)17-9(18)16-8(14)5-15-17/h1-5H,(H2,14,16,18). The van der Waals surface area contributed by atoms with Crippen LogP contribution in [0, 0.1) is 0 Å². The van der Waals surface area contributed by atoms with E-state index in [9.17, 15) is 18.0 Å². The summed E-state index contributed by atoms with van der Waals surface area (Å²) in [4.78, 5) is 14.8. The van der Waals surface area contributed by atoms with Crippen LogP contribution in [0.25, 0.3) is 5.69 Å². The van der Waals surface area contributed by atoms with Crippen LogP contribution in [0.4, 0.5) is 19.0 Å². The van der Waals surface area contributed by atoms with Crippen LogP contribution < -0.4 is 11.4 Å². The molecule has 2 N–H and O–H groups in total. The summed E-state index contributed by atoms with van der Waals surface area (Å²) in [5.74, 6) is -0.0942. The molecule has 0 fully saturated rings. The Morgan fingerprint density at radius 1 is 1.28 bits per heavy atom. The smallest absolute Gasteiger partial charge is 0.382 e. The molecule has 0 bridgehead atoms. The first kappa shape index (κ1) is 12.1. The lowest BCUT2D eigenvalue weighted by Gasteiger charge is -2.09. The highest BCUT2D eigenvalue weighted by Crippen LogP contribution is 2.29. The molecule has 2 aromatic rings. The van der Waals surface area contributed by atoms with E-state index < -0.39 is 17.4 Å². The fourth-order valence-corrected chi connectivity index (χ4v) is 1.34. The molecule has 1 aromatic heterocycles. The van der Waals surface area contributed by atoms with Gasteiger partial charge in [-0.05, 0) is 18.2 Å². The lowest BCUT2D eigenvalue weighted by atomic mass is 10.2. The van der Waals surface area contributed by atoms with Gasteiger partial charge in [-0.3, -0.25) is 0 Å². The summed E-state index contributed by atoms with van der Waals surface area (Å²) in [5, 5.41) is 3.62. The fourth-order valence-electron chi connectivity index (χ4n) is 1.34. The summed E-state index contributed by atoms with van der Waals surface area (Å²) in [6, 6.07) is 4.22. The molecule has 5 nitrogen and oxygen atoms in total. The summed E-state index contributed by atoms with van der Waals surface area (Å²) in [5.41, 5.74) is 3.50. The normalized spacial score (nSPS) is 11.5. The summed E-state index contributed by atoms with van der Waals surface area (Å²) >= 11 is 0. The van der Waals surface area contributed by atoms with E-state index in [-0.39, 0.29) is 11.5 Å². The second-order valence-electron chi connectivity index (χ2n) is 3.42. The molecule has 1 aromatic carbocycles. The van der Waals surface area contributed by atoms with Crippen molar-refractivity contribution in [2.75, 3.05) is 5.73 Å². The minimum atomic E-state index is -4.49. The van der Waals surface area contributed by atoms with Gasteiger partial charge in [-0.25, -0.2) is 4.79 Å². The quantitative estimate of drug-likeness (QED) is 0.832. The van der Waals surface area contributed by atoms with E-state index in [0.717, 1.165) is 23.0 Å². The number of benzene rings is 1. The first-order chi connectivity index (χ1) is 8.38. The van der Waals surface area contributed by atoms with Crippen LogP contribution in [0.15, 0.2) is 35.3 Å². The third-order valence-electron chi connectivity index (χ3n) is 2.13. The predicted molar refractivity (Wildman–Crippen MR) is 57.0 cm³/mol. The molecule has 94 valence electrons. The van der Waals surface area contributed by atoms with Crippen LogP contribution in [0.5, 0.6) is 0 Å². The molecule has 0 aliphatic carbocycles. The van der Waals surface area contributed by atoms with Crippen molar-refractivity contribution in [3.05, 3.63) is 46.5 Å². The number of aromatic nitrogens is 3.